The van der Waals surface area contributed by atoms with Gasteiger partial charge in [0.25, 0.3) is 0 Å². The van der Waals surface area contributed by atoms with Gasteiger partial charge in [-0.05, 0) is 33.9 Å². The van der Waals surface area contributed by atoms with Crippen LogP contribution in [0.15, 0.2) is 23.5 Å². The monoisotopic (exact) mass is 236 g/mol. The lowest BCUT2D eigenvalue weighted by atomic mass is 9.52. The van der Waals surface area contributed by atoms with E-state index in [-0.39, 0.29) is 17.6 Å². The molecule has 0 amide bonds. The van der Waals surface area contributed by atoms with Gasteiger partial charge in [0, 0.05) is 17.5 Å². The van der Waals surface area contributed by atoms with E-state index in [9.17, 15) is 0 Å². The lowest BCUT2D eigenvalue weighted by Gasteiger charge is -2.54. The molecule has 3 heteroatoms. The Morgan fingerprint density at radius 1 is 1.53 bits per heavy atom. The molecule has 1 saturated carbocycles. The number of hydrogen-bond acceptors (Lipinski definition) is 3. The fourth-order valence-corrected chi connectivity index (χ4v) is 3.70. The van der Waals surface area contributed by atoms with Crippen molar-refractivity contribution in [2.24, 2.45) is 17.1 Å². The zero-order valence-electron chi connectivity index (χ0n) is 11.3. The molecule has 2 aliphatic rings. The number of nitrogens with one attached hydrogen (secondary N) is 1. The van der Waals surface area contributed by atoms with E-state index < -0.39 is 0 Å². The molecular formula is C14H24N2O. The number of fused-ring (bicyclic) bond motifs is 1. The van der Waals surface area contributed by atoms with E-state index in [1.54, 1.807) is 0 Å². The number of nitrogens with two attached hydrogens (primary N) is 1. The summed E-state index contributed by atoms with van der Waals surface area (Å²) < 4.78 is 5.96. The second-order valence-electron chi connectivity index (χ2n) is 5.62. The SMILES string of the molecule is C=C1OC2C(C)[C@@H](N)[C@@]2(CCNC)C1=C(C)C. The van der Waals surface area contributed by atoms with Crippen molar-refractivity contribution in [3.8, 4) is 0 Å². The van der Waals surface area contributed by atoms with Gasteiger partial charge < -0.3 is 15.8 Å². The van der Waals surface area contributed by atoms with E-state index in [1.807, 2.05) is 7.05 Å². The summed E-state index contributed by atoms with van der Waals surface area (Å²) >= 11 is 0. The van der Waals surface area contributed by atoms with Crippen LogP contribution in [0.25, 0.3) is 0 Å². The van der Waals surface area contributed by atoms with Crippen molar-refractivity contribution in [3.63, 3.8) is 0 Å². The Balaban J connectivity index is 2.40. The van der Waals surface area contributed by atoms with Crippen LogP contribution < -0.4 is 11.1 Å². The van der Waals surface area contributed by atoms with Gasteiger partial charge in [0.15, 0.2) is 0 Å². The molecule has 96 valence electrons. The summed E-state index contributed by atoms with van der Waals surface area (Å²) in [4.78, 5) is 0. The van der Waals surface area contributed by atoms with Crippen LogP contribution in [-0.4, -0.2) is 25.7 Å². The summed E-state index contributed by atoms with van der Waals surface area (Å²) in [6.45, 7) is 11.5. The predicted octanol–water partition coefficient (Wildman–Crippen LogP) is 1.81. The zero-order valence-corrected chi connectivity index (χ0v) is 11.3. The summed E-state index contributed by atoms with van der Waals surface area (Å²) in [7, 11) is 1.98. The lowest BCUT2D eigenvalue weighted by Crippen LogP contribution is -2.66. The van der Waals surface area contributed by atoms with Gasteiger partial charge in [-0.3, -0.25) is 0 Å². The van der Waals surface area contributed by atoms with Gasteiger partial charge in [0.05, 0.1) is 5.41 Å². The fraction of sp³-hybridized carbons (Fsp3) is 0.714. The number of ether oxygens (including phenoxy) is 1. The highest BCUT2D eigenvalue weighted by Crippen LogP contribution is 2.61. The van der Waals surface area contributed by atoms with Crippen molar-refractivity contribution in [2.45, 2.75) is 39.3 Å². The molecule has 3 nitrogen and oxygen atoms in total. The highest BCUT2D eigenvalue weighted by molar-refractivity contribution is 5.46. The third-order valence-electron chi connectivity index (χ3n) is 4.45. The van der Waals surface area contributed by atoms with Gasteiger partial charge in [0.2, 0.25) is 0 Å². The van der Waals surface area contributed by atoms with Crippen LogP contribution in [0.3, 0.4) is 0 Å². The van der Waals surface area contributed by atoms with Crippen LogP contribution in [0, 0.1) is 11.3 Å². The average molecular weight is 236 g/mol. The Morgan fingerprint density at radius 2 is 2.18 bits per heavy atom. The highest BCUT2D eigenvalue weighted by Gasteiger charge is 2.66. The van der Waals surface area contributed by atoms with Gasteiger partial charge in [-0.25, -0.2) is 0 Å². The molecule has 0 spiro atoms. The van der Waals surface area contributed by atoms with Gasteiger partial charge in [-0.1, -0.05) is 19.1 Å². The van der Waals surface area contributed by atoms with Crippen LogP contribution in [0.1, 0.15) is 27.2 Å². The number of hydrogen-bond donors (Lipinski definition) is 2. The van der Waals surface area contributed by atoms with E-state index in [0.717, 1.165) is 18.7 Å². The van der Waals surface area contributed by atoms with Gasteiger partial charge in [-0.15, -0.1) is 0 Å². The summed E-state index contributed by atoms with van der Waals surface area (Å²) in [6.07, 6.45) is 1.25. The Bertz CT molecular complexity index is 370. The predicted molar refractivity (Wildman–Crippen MR) is 70.5 cm³/mol. The minimum Gasteiger partial charge on any atom is -0.489 e. The van der Waals surface area contributed by atoms with E-state index in [0.29, 0.717) is 5.92 Å². The standard InChI is InChI=1S/C14H24N2O/c1-8(2)11-10(4)17-13-9(3)12(15)14(11,13)6-7-16-5/h9,12-13,16H,4,6-7,15H2,1-3,5H3/t9?,12-,13?,14-/m1/s1. The second kappa shape index (κ2) is 4.14. The van der Waals surface area contributed by atoms with Crippen LogP contribution in [-0.2, 0) is 4.74 Å². The van der Waals surface area contributed by atoms with Crippen molar-refractivity contribution in [2.75, 3.05) is 13.6 Å². The maximum atomic E-state index is 6.39. The van der Waals surface area contributed by atoms with Crippen LogP contribution in [0.4, 0.5) is 0 Å². The quantitative estimate of drug-likeness (QED) is 0.785. The summed E-state index contributed by atoms with van der Waals surface area (Å²) in [5, 5.41) is 3.22. The molecule has 1 aliphatic carbocycles. The van der Waals surface area contributed by atoms with E-state index in [4.69, 9.17) is 10.5 Å². The van der Waals surface area contributed by atoms with Gasteiger partial charge in [-0.2, -0.15) is 0 Å². The van der Waals surface area contributed by atoms with Crippen molar-refractivity contribution >= 4 is 0 Å². The minimum atomic E-state index is -0.00164. The molecule has 2 unspecified atom stereocenters. The first-order chi connectivity index (χ1) is 7.96. The molecule has 0 aromatic rings. The topological polar surface area (TPSA) is 47.3 Å². The van der Waals surface area contributed by atoms with Crippen molar-refractivity contribution in [3.05, 3.63) is 23.5 Å². The van der Waals surface area contributed by atoms with E-state index in [2.05, 4.69) is 32.7 Å². The van der Waals surface area contributed by atoms with Gasteiger partial charge in [0.1, 0.15) is 11.9 Å². The van der Waals surface area contributed by atoms with Gasteiger partial charge >= 0.3 is 0 Å². The summed E-state index contributed by atoms with van der Waals surface area (Å²) in [5.74, 6) is 1.26. The van der Waals surface area contributed by atoms with Crippen molar-refractivity contribution in [1.82, 2.24) is 5.32 Å². The molecule has 0 bridgehead atoms. The fourth-order valence-electron chi connectivity index (χ4n) is 3.70. The number of rotatable bonds is 3. The lowest BCUT2D eigenvalue weighted by molar-refractivity contribution is -0.0858. The molecule has 0 radical (unpaired) electrons. The normalized spacial score (nSPS) is 39.7. The van der Waals surface area contributed by atoms with E-state index >= 15 is 0 Å². The molecule has 1 aliphatic heterocycles. The molecule has 1 saturated heterocycles. The Morgan fingerprint density at radius 3 is 2.71 bits per heavy atom. The van der Waals surface area contributed by atoms with Crippen LogP contribution >= 0.6 is 0 Å². The minimum absolute atomic E-state index is 0.00164. The number of allylic oxidation sites excluding steroid dienone is 2. The smallest absolute Gasteiger partial charge is 0.116 e. The van der Waals surface area contributed by atoms with Crippen LogP contribution in [0.2, 0.25) is 0 Å². The second-order valence-corrected chi connectivity index (χ2v) is 5.62. The summed E-state index contributed by atoms with van der Waals surface area (Å²) in [5.41, 5.74) is 8.94. The summed E-state index contributed by atoms with van der Waals surface area (Å²) in [6, 6.07) is 0.185. The first kappa shape index (κ1) is 12.7. The Hall–Kier alpha value is -0.800. The highest BCUT2D eigenvalue weighted by atomic mass is 16.5. The maximum absolute atomic E-state index is 6.39. The molecule has 4 atom stereocenters. The van der Waals surface area contributed by atoms with Crippen molar-refractivity contribution in [1.29, 1.82) is 0 Å². The molecular weight excluding hydrogens is 212 g/mol. The molecule has 2 fully saturated rings. The first-order valence-corrected chi connectivity index (χ1v) is 6.41. The van der Waals surface area contributed by atoms with Crippen molar-refractivity contribution < 1.29 is 4.74 Å². The molecule has 17 heavy (non-hydrogen) atoms. The third-order valence-corrected chi connectivity index (χ3v) is 4.45. The molecule has 3 N–H and O–H groups in total. The molecule has 0 aromatic carbocycles. The Kier molecular flexibility index (Phi) is 3.08. The van der Waals surface area contributed by atoms with E-state index in [1.165, 1.54) is 11.1 Å². The third kappa shape index (κ3) is 1.49. The largest absolute Gasteiger partial charge is 0.489 e. The molecule has 2 rings (SSSR count). The zero-order chi connectivity index (χ0) is 12.8. The maximum Gasteiger partial charge on any atom is 0.116 e. The van der Waals surface area contributed by atoms with Crippen LogP contribution in [0.5, 0.6) is 0 Å². The molecule has 0 aromatic heterocycles. The molecule has 1 heterocycles. The Labute approximate surface area is 104 Å². The first-order valence-electron chi connectivity index (χ1n) is 6.41. The average Bonchev–Trinajstić information content (AvgIpc) is 2.56.